The van der Waals surface area contributed by atoms with E-state index in [9.17, 15) is 13.2 Å². The molecule has 0 saturated heterocycles. The molecule has 3 N–H and O–H groups in total. The Morgan fingerprint density at radius 3 is 2.14 bits per heavy atom. The Balaban J connectivity index is 0.00000392. The summed E-state index contributed by atoms with van der Waals surface area (Å²) in [6.45, 7) is 4.80. The largest absolute Gasteiger partial charge is 0.352 e. The Morgan fingerprint density at radius 2 is 1.61 bits per heavy atom. The summed E-state index contributed by atoms with van der Waals surface area (Å²) in [5, 5.41) is 2.82. The monoisotopic (exact) mass is 425 g/mol. The fraction of sp³-hybridized carbons (Fsp3) is 0.350. The summed E-state index contributed by atoms with van der Waals surface area (Å²) in [7, 11) is -3.47. The predicted octanol–water partition coefficient (Wildman–Crippen LogP) is 2.85. The number of nitrogens with two attached hydrogens (primary N) is 1. The van der Waals surface area contributed by atoms with Crippen LogP contribution in [0.5, 0.6) is 0 Å². The summed E-state index contributed by atoms with van der Waals surface area (Å²) in [5.74, 6) is -0.147. The summed E-state index contributed by atoms with van der Waals surface area (Å²) in [6.07, 6.45) is 0.193. The molecule has 8 heteroatoms. The van der Waals surface area contributed by atoms with Crippen molar-refractivity contribution in [3.05, 3.63) is 65.7 Å². The van der Waals surface area contributed by atoms with Crippen LogP contribution in [0, 0.1) is 0 Å². The summed E-state index contributed by atoms with van der Waals surface area (Å²) in [5.41, 5.74) is 7.80. The summed E-state index contributed by atoms with van der Waals surface area (Å²) >= 11 is 0. The summed E-state index contributed by atoms with van der Waals surface area (Å²) in [4.78, 5) is 12.4. The van der Waals surface area contributed by atoms with Crippen LogP contribution in [0.1, 0.15) is 37.4 Å². The van der Waals surface area contributed by atoms with Crippen molar-refractivity contribution in [3.8, 4) is 0 Å². The van der Waals surface area contributed by atoms with Crippen LogP contribution in [0.3, 0.4) is 0 Å². The lowest BCUT2D eigenvalue weighted by molar-refractivity contribution is -0.121. The zero-order valence-corrected chi connectivity index (χ0v) is 17.8. The van der Waals surface area contributed by atoms with Crippen molar-refractivity contribution >= 4 is 28.3 Å². The minimum atomic E-state index is -3.47. The molecule has 2 aromatic rings. The molecule has 6 nitrogen and oxygen atoms in total. The number of sulfonamides is 1. The van der Waals surface area contributed by atoms with Crippen LogP contribution in [0.15, 0.2) is 59.5 Å². The molecule has 0 bridgehead atoms. The second-order valence-corrected chi connectivity index (χ2v) is 8.17. The highest BCUT2D eigenvalue weighted by molar-refractivity contribution is 7.89. The second kappa shape index (κ2) is 11.2. The molecule has 2 rings (SSSR count). The summed E-state index contributed by atoms with van der Waals surface area (Å²) < 4.78 is 26.4. The first-order valence-corrected chi connectivity index (χ1v) is 10.5. The van der Waals surface area contributed by atoms with E-state index in [2.05, 4.69) is 5.32 Å². The van der Waals surface area contributed by atoms with E-state index in [0.717, 1.165) is 11.1 Å². The quantitative estimate of drug-likeness (QED) is 0.646. The van der Waals surface area contributed by atoms with Gasteiger partial charge in [-0.25, -0.2) is 8.42 Å². The third kappa shape index (κ3) is 6.31. The first kappa shape index (κ1) is 24.1. The third-order valence-corrected chi connectivity index (χ3v) is 6.45. The van der Waals surface area contributed by atoms with Crippen molar-refractivity contribution in [1.82, 2.24) is 9.62 Å². The van der Waals surface area contributed by atoms with Crippen LogP contribution >= 0.6 is 12.4 Å². The number of nitrogens with zero attached hydrogens (tertiary/aromatic N) is 1. The van der Waals surface area contributed by atoms with E-state index in [-0.39, 0.29) is 35.7 Å². The van der Waals surface area contributed by atoms with Gasteiger partial charge in [0.15, 0.2) is 0 Å². The number of halogens is 1. The molecule has 0 aliphatic rings. The first-order valence-electron chi connectivity index (χ1n) is 9.04. The molecule has 0 saturated carbocycles. The van der Waals surface area contributed by atoms with Gasteiger partial charge in [0.1, 0.15) is 0 Å². The number of rotatable bonds is 9. The van der Waals surface area contributed by atoms with Crippen LogP contribution in [0.2, 0.25) is 0 Å². The topological polar surface area (TPSA) is 92.5 Å². The Bertz CT molecular complexity index is 839. The Hall–Kier alpha value is -1.93. The zero-order valence-electron chi connectivity index (χ0n) is 16.2. The van der Waals surface area contributed by atoms with Gasteiger partial charge in [-0.2, -0.15) is 4.31 Å². The normalized spacial score (nSPS) is 12.3. The lowest BCUT2D eigenvalue weighted by atomic mass is 10.0. The molecule has 0 fully saturated rings. The van der Waals surface area contributed by atoms with Crippen LogP contribution in [-0.4, -0.2) is 31.7 Å². The van der Waals surface area contributed by atoms with Gasteiger partial charge in [-0.15, -0.1) is 12.4 Å². The van der Waals surface area contributed by atoms with E-state index in [0.29, 0.717) is 19.6 Å². The Kier molecular flexibility index (Phi) is 9.61. The number of hydrogen-bond acceptors (Lipinski definition) is 4. The molecule has 1 unspecified atom stereocenters. The van der Waals surface area contributed by atoms with Gasteiger partial charge in [0.05, 0.1) is 4.90 Å². The zero-order chi connectivity index (χ0) is 19.9. The standard InChI is InChI=1S/C20H27N3O3S.ClH/c1-3-23(4-2)27(25,26)18-12-10-16(11-13-18)15-22-20(24)14-19(21)17-8-6-5-7-9-17;/h5-13,19H,3-4,14-15,21H2,1-2H3,(H,22,24);1H. The van der Waals surface area contributed by atoms with E-state index in [1.165, 1.54) is 4.31 Å². The summed E-state index contributed by atoms with van der Waals surface area (Å²) in [6, 6.07) is 15.7. The molecule has 1 amide bonds. The van der Waals surface area contributed by atoms with Crippen LogP contribution in [-0.2, 0) is 21.4 Å². The van der Waals surface area contributed by atoms with E-state index in [1.54, 1.807) is 24.3 Å². The Labute approximate surface area is 173 Å². The van der Waals surface area contributed by atoms with Crippen molar-refractivity contribution in [2.24, 2.45) is 5.73 Å². The van der Waals surface area contributed by atoms with Gasteiger partial charge < -0.3 is 11.1 Å². The van der Waals surface area contributed by atoms with E-state index in [1.807, 2.05) is 44.2 Å². The second-order valence-electron chi connectivity index (χ2n) is 6.23. The maximum absolute atomic E-state index is 12.5. The number of amides is 1. The highest BCUT2D eigenvalue weighted by atomic mass is 35.5. The molecule has 0 spiro atoms. The molecular formula is C20H28ClN3O3S. The minimum Gasteiger partial charge on any atom is -0.352 e. The minimum absolute atomic E-state index is 0. The average Bonchev–Trinajstić information content (AvgIpc) is 2.68. The molecule has 0 aliphatic heterocycles. The van der Waals surface area contributed by atoms with Crippen molar-refractivity contribution in [2.75, 3.05) is 13.1 Å². The van der Waals surface area contributed by atoms with Gasteiger partial charge in [0, 0.05) is 32.1 Å². The number of benzene rings is 2. The van der Waals surface area contributed by atoms with Crippen molar-refractivity contribution in [3.63, 3.8) is 0 Å². The van der Waals surface area contributed by atoms with Crippen molar-refractivity contribution in [2.45, 2.75) is 37.8 Å². The van der Waals surface area contributed by atoms with E-state index in [4.69, 9.17) is 5.73 Å². The van der Waals surface area contributed by atoms with Gasteiger partial charge in [-0.3, -0.25) is 4.79 Å². The highest BCUT2D eigenvalue weighted by Gasteiger charge is 2.21. The first-order chi connectivity index (χ1) is 12.9. The smallest absolute Gasteiger partial charge is 0.243 e. The van der Waals surface area contributed by atoms with Gasteiger partial charge in [0.25, 0.3) is 0 Å². The van der Waals surface area contributed by atoms with E-state index >= 15 is 0 Å². The maximum atomic E-state index is 12.5. The molecule has 154 valence electrons. The predicted molar refractivity (Wildman–Crippen MR) is 114 cm³/mol. The average molecular weight is 426 g/mol. The van der Waals surface area contributed by atoms with Gasteiger partial charge in [-0.05, 0) is 23.3 Å². The number of carbonyl (C=O) groups is 1. The van der Waals surface area contributed by atoms with Gasteiger partial charge in [-0.1, -0.05) is 56.3 Å². The molecule has 0 aromatic heterocycles. The molecule has 0 aliphatic carbocycles. The van der Waals surface area contributed by atoms with Crippen LogP contribution in [0.25, 0.3) is 0 Å². The Morgan fingerprint density at radius 1 is 1.04 bits per heavy atom. The SMILES string of the molecule is CCN(CC)S(=O)(=O)c1ccc(CNC(=O)CC(N)c2ccccc2)cc1.Cl. The highest BCUT2D eigenvalue weighted by Crippen LogP contribution is 2.16. The lowest BCUT2D eigenvalue weighted by Gasteiger charge is -2.18. The fourth-order valence-corrected chi connectivity index (χ4v) is 4.24. The number of hydrogen-bond donors (Lipinski definition) is 2. The van der Waals surface area contributed by atoms with Gasteiger partial charge >= 0.3 is 0 Å². The number of nitrogens with one attached hydrogen (secondary N) is 1. The van der Waals surface area contributed by atoms with Crippen molar-refractivity contribution < 1.29 is 13.2 Å². The van der Waals surface area contributed by atoms with E-state index < -0.39 is 10.0 Å². The molecule has 1 atom stereocenters. The van der Waals surface area contributed by atoms with Crippen LogP contribution < -0.4 is 11.1 Å². The number of carbonyl (C=O) groups excluding carboxylic acids is 1. The molecule has 2 aromatic carbocycles. The molecule has 28 heavy (non-hydrogen) atoms. The maximum Gasteiger partial charge on any atom is 0.243 e. The molecule has 0 heterocycles. The lowest BCUT2D eigenvalue weighted by Crippen LogP contribution is -2.30. The molecule has 0 radical (unpaired) electrons. The third-order valence-electron chi connectivity index (χ3n) is 4.39. The van der Waals surface area contributed by atoms with Crippen molar-refractivity contribution in [1.29, 1.82) is 0 Å². The van der Waals surface area contributed by atoms with Crippen LogP contribution in [0.4, 0.5) is 0 Å². The fourth-order valence-electron chi connectivity index (χ4n) is 2.78. The van der Waals surface area contributed by atoms with Gasteiger partial charge in [0.2, 0.25) is 15.9 Å². The molecular weight excluding hydrogens is 398 g/mol.